The molecule has 0 bridgehead atoms. The summed E-state index contributed by atoms with van der Waals surface area (Å²) in [6, 6.07) is 9.86. The molecule has 2 aromatic carbocycles. The lowest BCUT2D eigenvalue weighted by Gasteiger charge is -2.08. The van der Waals surface area contributed by atoms with Gasteiger partial charge in [-0.2, -0.15) is 0 Å². The van der Waals surface area contributed by atoms with Crippen molar-refractivity contribution in [2.75, 3.05) is 39.9 Å². The molecule has 0 fully saturated rings. The number of anilines is 1. The summed E-state index contributed by atoms with van der Waals surface area (Å²) in [6.45, 7) is 0. The maximum absolute atomic E-state index is 12.9. The number of methoxy groups -OCH3 is 4. The predicted molar refractivity (Wildman–Crippen MR) is 124 cm³/mol. The van der Waals surface area contributed by atoms with Crippen molar-refractivity contribution in [1.82, 2.24) is 4.98 Å². The molecule has 0 aliphatic carbocycles. The quantitative estimate of drug-likeness (QED) is 0.345. The Balaban J connectivity index is 1.73. The molecule has 0 spiro atoms. The number of rotatable bonds is 10. The van der Waals surface area contributed by atoms with E-state index in [2.05, 4.69) is 4.98 Å². The highest BCUT2D eigenvalue weighted by Gasteiger charge is 2.21. The number of thioether (sulfide) groups is 1. The topological polar surface area (TPSA) is 110 Å². The second-order valence-electron chi connectivity index (χ2n) is 6.37. The van der Waals surface area contributed by atoms with E-state index in [-0.39, 0.29) is 23.1 Å². The van der Waals surface area contributed by atoms with E-state index in [4.69, 9.17) is 24.7 Å². The molecule has 10 heteroatoms. The van der Waals surface area contributed by atoms with Crippen molar-refractivity contribution in [3.05, 3.63) is 52.4 Å². The number of carbonyl (C=O) groups excluding carboxylic acids is 2. The first-order chi connectivity index (χ1) is 15.4. The molecule has 0 unspecified atom stereocenters. The lowest BCUT2D eigenvalue weighted by Crippen LogP contribution is -2.03. The lowest BCUT2D eigenvalue weighted by atomic mass is 10.1. The van der Waals surface area contributed by atoms with E-state index in [0.717, 1.165) is 11.3 Å². The normalized spacial score (nSPS) is 10.5. The van der Waals surface area contributed by atoms with Gasteiger partial charge in [0.15, 0.2) is 33.1 Å². The van der Waals surface area contributed by atoms with Gasteiger partial charge in [0.2, 0.25) is 5.78 Å². The van der Waals surface area contributed by atoms with Gasteiger partial charge in [0.1, 0.15) is 10.7 Å². The molecule has 0 amide bonds. The van der Waals surface area contributed by atoms with Gasteiger partial charge in [0, 0.05) is 11.1 Å². The number of thiazole rings is 1. The predicted octanol–water partition coefficient (Wildman–Crippen LogP) is 3.97. The maximum atomic E-state index is 12.9. The highest BCUT2D eigenvalue weighted by atomic mass is 32.2. The zero-order chi connectivity index (χ0) is 23.3. The van der Waals surface area contributed by atoms with Gasteiger partial charge in [-0.15, -0.1) is 11.3 Å². The van der Waals surface area contributed by atoms with Crippen molar-refractivity contribution < 1.29 is 28.5 Å². The molecule has 1 aromatic heterocycles. The standard InChI is InChI=1S/C22H22N2O6S2/c1-27-15-7-5-12(9-17(15)29-3)14(25)11-31-22-24-21(23)20(32-22)19(26)13-6-8-16(28-2)18(10-13)30-4/h5-10H,11,23H2,1-4H3. The van der Waals surface area contributed by atoms with Crippen LogP contribution in [0.4, 0.5) is 5.82 Å². The van der Waals surface area contributed by atoms with Crippen LogP contribution in [0.1, 0.15) is 25.6 Å². The summed E-state index contributed by atoms with van der Waals surface area (Å²) in [7, 11) is 6.06. The minimum atomic E-state index is -0.279. The first kappa shape index (κ1) is 23.4. The Morgan fingerprint density at radius 3 is 1.97 bits per heavy atom. The molecule has 0 aliphatic heterocycles. The molecule has 0 radical (unpaired) electrons. The lowest BCUT2D eigenvalue weighted by molar-refractivity contribution is 0.101. The second kappa shape index (κ2) is 10.4. The zero-order valence-electron chi connectivity index (χ0n) is 18.0. The third-order valence-electron chi connectivity index (χ3n) is 4.52. The monoisotopic (exact) mass is 474 g/mol. The molecule has 0 saturated carbocycles. The van der Waals surface area contributed by atoms with E-state index in [1.807, 2.05) is 0 Å². The summed E-state index contributed by atoms with van der Waals surface area (Å²) in [4.78, 5) is 30.1. The van der Waals surface area contributed by atoms with Crippen molar-refractivity contribution in [3.8, 4) is 23.0 Å². The Hall–Kier alpha value is -3.24. The van der Waals surface area contributed by atoms with Crippen LogP contribution in [-0.2, 0) is 0 Å². The molecule has 0 atom stereocenters. The summed E-state index contributed by atoms with van der Waals surface area (Å²) >= 11 is 2.36. The van der Waals surface area contributed by atoms with Crippen LogP contribution in [0.3, 0.4) is 0 Å². The first-order valence-corrected chi connectivity index (χ1v) is 11.1. The SMILES string of the molecule is COc1ccc(C(=O)CSc2nc(N)c(C(=O)c3ccc(OC)c(OC)c3)s2)cc1OC. The molecule has 2 N–H and O–H groups in total. The molecule has 1 heterocycles. The summed E-state index contributed by atoms with van der Waals surface area (Å²) in [5, 5.41) is 0. The first-order valence-electron chi connectivity index (χ1n) is 9.32. The highest BCUT2D eigenvalue weighted by Crippen LogP contribution is 2.34. The van der Waals surface area contributed by atoms with Crippen molar-refractivity contribution >= 4 is 40.5 Å². The number of ketones is 2. The van der Waals surface area contributed by atoms with E-state index < -0.39 is 0 Å². The van der Waals surface area contributed by atoms with E-state index >= 15 is 0 Å². The van der Waals surface area contributed by atoms with Crippen LogP contribution in [0.25, 0.3) is 0 Å². The van der Waals surface area contributed by atoms with Crippen LogP contribution >= 0.6 is 23.1 Å². The van der Waals surface area contributed by atoms with Gasteiger partial charge in [0.25, 0.3) is 0 Å². The van der Waals surface area contributed by atoms with Crippen molar-refractivity contribution in [2.45, 2.75) is 4.34 Å². The number of nitrogens with two attached hydrogens (primary N) is 1. The molecule has 0 aliphatic rings. The molecular weight excluding hydrogens is 452 g/mol. The van der Waals surface area contributed by atoms with E-state index in [9.17, 15) is 9.59 Å². The Morgan fingerprint density at radius 1 is 0.875 bits per heavy atom. The van der Waals surface area contributed by atoms with Crippen molar-refractivity contribution in [2.24, 2.45) is 0 Å². The van der Waals surface area contributed by atoms with Crippen LogP contribution in [0.15, 0.2) is 40.7 Å². The number of nitrogens with zero attached hydrogens (tertiary/aromatic N) is 1. The molecule has 8 nitrogen and oxygen atoms in total. The van der Waals surface area contributed by atoms with E-state index in [1.54, 1.807) is 36.4 Å². The molecule has 168 valence electrons. The highest BCUT2D eigenvalue weighted by molar-refractivity contribution is 8.01. The average Bonchev–Trinajstić information content (AvgIpc) is 3.21. The number of hydrogen-bond acceptors (Lipinski definition) is 10. The third kappa shape index (κ3) is 4.97. The molecule has 3 aromatic rings. The Bertz CT molecular complexity index is 1150. The van der Waals surface area contributed by atoms with Gasteiger partial charge in [-0.1, -0.05) is 11.8 Å². The van der Waals surface area contributed by atoms with Gasteiger partial charge >= 0.3 is 0 Å². The minimum Gasteiger partial charge on any atom is -0.493 e. The van der Waals surface area contributed by atoms with Crippen LogP contribution in [-0.4, -0.2) is 50.7 Å². The van der Waals surface area contributed by atoms with Crippen LogP contribution in [0.5, 0.6) is 23.0 Å². The Kier molecular flexibility index (Phi) is 7.60. The van der Waals surface area contributed by atoms with Gasteiger partial charge < -0.3 is 24.7 Å². The Morgan fingerprint density at radius 2 is 1.41 bits per heavy atom. The molecule has 0 saturated heterocycles. The number of Topliss-reactive ketones (excluding diaryl/α,β-unsaturated/α-hetero) is 1. The van der Waals surface area contributed by atoms with Crippen molar-refractivity contribution in [1.29, 1.82) is 0 Å². The zero-order valence-corrected chi connectivity index (χ0v) is 19.6. The Labute approximate surface area is 193 Å². The number of benzene rings is 2. The summed E-state index contributed by atoms with van der Waals surface area (Å²) in [5.41, 5.74) is 6.87. The van der Waals surface area contributed by atoms with Crippen LogP contribution in [0.2, 0.25) is 0 Å². The fourth-order valence-electron chi connectivity index (χ4n) is 2.86. The van der Waals surface area contributed by atoms with Gasteiger partial charge in [-0.05, 0) is 36.4 Å². The number of aromatic nitrogens is 1. The summed E-state index contributed by atoms with van der Waals surface area (Å²) in [5.74, 6) is 1.84. The number of carbonyl (C=O) groups is 2. The maximum Gasteiger partial charge on any atom is 0.206 e. The number of hydrogen-bond donors (Lipinski definition) is 1. The van der Waals surface area contributed by atoms with Gasteiger partial charge in [0.05, 0.1) is 34.2 Å². The number of nitrogen functional groups attached to an aromatic ring is 1. The second-order valence-corrected chi connectivity index (χ2v) is 8.60. The smallest absolute Gasteiger partial charge is 0.206 e. The van der Waals surface area contributed by atoms with E-state index in [0.29, 0.717) is 43.3 Å². The average molecular weight is 475 g/mol. The third-order valence-corrected chi connectivity index (χ3v) is 6.73. The summed E-state index contributed by atoms with van der Waals surface area (Å²) < 4.78 is 21.4. The molecule has 32 heavy (non-hydrogen) atoms. The van der Waals surface area contributed by atoms with Gasteiger partial charge in [-0.25, -0.2) is 4.98 Å². The van der Waals surface area contributed by atoms with Crippen LogP contribution in [0, 0.1) is 0 Å². The molecular formula is C22H22N2O6S2. The summed E-state index contributed by atoms with van der Waals surface area (Å²) in [6.07, 6.45) is 0. The van der Waals surface area contributed by atoms with Crippen LogP contribution < -0.4 is 24.7 Å². The fourth-order valence-corrected chi connectivity index (χ4v) is 4.79. The number of ether oxygens (including phenoxy) is 4. The van der Waals surface area contributed by atoms with Gasteiger partial charge in [-0.3, -0.25) is 9.59 Å². The van der Waals surface area contributed by atoms with Crippen molar-refractivity contribution in [3.63, 3.8) is 0 Å². The largest absolute Gasteiger partial charge is 0.493 e. The van der Waals surface area contributed by atoms with E-state index in [1.165, 1.54) is 40.2 Å². The fraction of sp³-hybridized carbons (Fsp3) is 0.227. The minimum absolute atomic E-state index is 0.113. The molecule has 3 rings (SSSR count).